The topological polar surface area (TPSA) is 66.9 Å². The zero-order valence-corrected chi connectivity index (χ0v) is 15.2. The Morgan fingerprint density at radius 1 is 0.692 bits per heavy atom. The highest BCUT2D eigenvalue weighted by Gasteiger charge is 2.10. The van der Waals surface area contributed by atoms with E-state index in [4.69, 9.17) is 0 Å². The number of anilines is 2. The predicted molar refractivity (Wildman–Crippen MR) is 108 cm³/mol. The van der Waals surface area contributed by atoms with Gasteiger partial charge in [-0.25, -0.2) is 14.8 Å². The molecule has 2 aromatic heterocycles. The molecule has 0 bridgehead atoms. The van der Waals surface area contributed by atoms with E-state index in [9.17, 15) is 4.79 Å². The van der Waals surface area contributed by atoms with Crippen LogP contribution in [0.1, 0.15) is 0 Å². The van der Waals surface area contributed by atoms with Crippen LogP contribution in [0.3, 0.4) is 0 Å². The second-order valence-corrected chi connectivity index (χ2v) is 7.10. The summed E-state index contributed by atoms with van der Waals surface area (Å²) in [7, 11) is 0. The zero-order chi connectivity index (χ0) is 17.8. The Labute approximate surface area is 158 Å². The van der Waals surface area contributed by atoms with Gasteiger partial charge < -0.3 is 0 Å². The van der Waals surface area contributed by atoms with E-state index in [-0.39, 0.29) is 6.03 Å². The minimum atomic E-state index is -0.354. The van der Waals surface area contributed by atoms with E-state index < -0.39 is 0 Å². The first-order valence-corrected chi connectivity index (χ1v) is 9.64. The number of urea groups is 1. The van der Waals surface area contributed by atoms with Crippen molar-refractivity contribution in [3.8, 4) is 22.5 Å². The summed E-state index contributed by atoms with van der Waals surface area (Å²) in [5.41, 5.74) is 3.72. The number of hydrogen-bond acceptors (Lipinski definition) is 5. The fourth-order valence-corrected chi connectivity index (χ4v) is 3.80. The van der Waals surface area contributed by atoms with Crippen molar-refractivity contribution in [3.63, 3.8) is 0 Å². The third-order valence-corrected chi connectivity index (χ3v) is 5.10. The highest BCUT2D eigenvalue weighted by atomic mass is 32.1. The van der Waals surface area contributed by atoms with E-state index in [1.807, 2.05) is 71.4 Å². The van der Waals surface area contributed by atoms with Crippen molar-refractivity contribution < 1.29 is 4.79 Å². The molecule has 0 radical (unpaired) electrons. The summed E-state index contributed by atoms with van der Waals surface area (Å²) in [5.74, 6) is 0. The maximum absolute atomic E-state index is 12.2. The normalized spacial score (nSPS) is 10.5. The average molecular weight is 378 g/mol. The van der Waals surface area contributed by atoms with Crippen molar-refractivity contribution in [2.75, 3.05) is 10.6 Å². The second-order valence-electron chi connectivity index (χ2n) is 5.39. The molecule has 4 rings (SSSR count). The third-order valence-electron chi connectivity index (χ3n) is 3.59. The summed E-state index contributed by atoms with van der Waals surface area (Å²) >= 11 is 2.77. The lowest BCUT2D eigenvalue weighted by Crippen LogP contribution is -2.19. The molecule has 5 nitrogen and oxygen atoms in total. The quantitative estimate of drug-likeness (QED) is 0.487. The van der Waals surface area contributed by atoms with Crippen molar-refractivity contribution in [1.82, 2.24) is 9.97 Å². The Morgan fingerprint density at radius 3 is 1.54 bits per heavy atom. The lowest BCUT2D eigenvalue weighted by Gasteiger charge is -2.01. The van der Waals surface area contributed by atoms with Gasteiger partial charge in [-0.2, -0.15) is 0 Å². The van der Waals surface area contributed by atoms with Gasteiger partial charge >= 0.3 is 6.03 Å². The molecular weight excluding hydrogens is 364 g/mol. The molecule has 0 aliphatic heterocycles. The van der Waals surface area contributed by atoms with E-state index in [1.54, 1.807) is 0 Å². The Hall–Kier alpha value is -3.03. The number of rotatable bonds is 4. The van der Waals surface area contributed by atoms with E-state index in [0.29, 0.717) is 10.3 Å². The van der Waals surface area contributed by atoms with Gasteiger partial charge in [-0.05, 0) is 0 Å². The Bertz CT molecular complexity index is 930. The third kappa shape index (κ3) is 3.79. The summed E-state index contributed by atoms with van der Waals surface area (Å²) in [6.07, 6.45) is 0. The lowest BCUT2D eigenvalue weighted by atomic mass is 10.2. The van der Waals surface area contributed by atoms with Gasteiger partial charge in [0.05, 0.1) is 11.4 Å². The van der Waals surface area contributed by atoms with Crippen LogP contribution in [-0.4, -0.2) is 16.0 Å². The van der Waals surface area contributed by atoms with E-state index in [1.165, 1.54) is 22.7 Å². The molecule has 4 aromatic rings. The first-order valence-electron chi connectivity index (χ1n) is 7.88. The molecule has 0 spiro atoms. The average Bonchev–Trinajstić information content (AvgIpc) is 3.33. The summed E-state index contributed by atoms with van der Waals surface area (Å²) in [6.45, 7) is 0. The predicted octanol–water partition coefficient (Wildman–Crippen LogP) is 5.58. The monoisotopic (exact) mass is 378 g/mol. The first kappa shape index (κ1) is 16.4. The van der Waals surface area contributed by atoms with Crippen LogP contribution in [-0.2, 0) is 0 Å². The minimum Gasteiger partial charge on any atom is -0.283 e. The van der Waals surface area contributed by atoms with Crippen LogP contribution in [0.15, 0.2) is 71.4 Å². The van der Waals surface area contributed by atoms with Crippen LogP contribution in [0.2, 0.25) is 0 Å². The number of hydrogen-bond donors (Lipinski definition) is 2. The van der Waals surface area contributed by atoms with Crippen LogP contribution in [0.25, 0.3) is 22.5 Å². The number of carbonyl (C=O) groups excluding carboxylic acids is 1. The van der Waals surface area contributed by atoms with Gasteiger partial charge in [0.15, 0.2) is 10.3 Å². The molecular formula is C19H14N4OS2. The maximum atomic E-state index is 12.2. The van der Waals surface area contributed by atoms with Gasteiger partial charge in [-0.3, -0.25) is 10.6 Å². The first-order chi connectivity index (χ1) is 12.8. The van der Waals surface area contributed by atoms with Crippen LogP contribution in [0, 0.1) is 0 Å². The van der Waals surface area contributed by atoms with Gasteiger partial charge in [0, 0.05) is 21.9 Å². The molecule has 2 aromatic carbocycles. The lowest BCUT2D eigenvalue weighted by molar-refractivity contribution is 0.262. The number of benzene rings is 2. The number of nitrogens with one attached hydrogen (secondary N) is 2. The molecule has 26 heavy (non-hydrogen) atoms. The number of nitrogens with zero attached hydrogens (tertiary/aromatic N) is 2. The molecule has 128 valence electrons. The SMILES string of the molecule is O=C(Nc1nc(-c2ccccc2)cs1)Nc1nc(-c2ccccc2)cs1. The molecule has 0 saturated carbocycles. The van der Waals surface area contributed by atoms with Gasteiger partial charge in [0.1, 0.15) is 0 Å². The molecule has 0 fully saturated rings. The van der Waals surface area contributed by atoms with Crippen LogP contribution < -0.4 is 10.6 Å². The van der Waals surface area contributed by atoms with E-state index in [2.05, 4.69) is 20.6 Å². The van der Waals surface area contributed by atoms with Gasteiger partial charge in [0.2, 0.25) is 0 Å². The second kappa shape index (κ2) is 7.47. The highest BCUT2D eigenvalue weighted by Crippen LogP contribution is 2.26. The standard InChI is InChI=1S/C19H14N4OS2/c24-17(22-18-20-15(11-25-18)13-7-3-1-4-8-13)23-19-21-16(12-26-19)14-9-5-2-6-10-14/h1-12H,(H2,20,21,22,23,24). The minimum absolute atomic E-state index is 0.354. The fraction of sp³-hybridized carbons (Fsp3) is 0. The van der Waals surface area contributed by atoms with E-state index >= 15 is 0 Å². The fourth-order valence-electron chi connectivity index (χ4n) is 2.37. The summed E-state index contributed by atoms with van der Waals surface area (Å²) < 4.78 is 0. The number of amides is 2. The van der Waals surface area contributed by atoms with E-state index in [0.717, 1.165) is 22.5 Å². The molecule has 0 atom stereocenters. The van der Waals surface area contributed by atoms with Crippen molar-refractivity contribution >= 4 is 39.0 Å². The van der Waals surface area contributed by atoms with Crippen LogP contribution in [0.5, 0.6) is 0 Å². The Morgan fingerprint density at radius 2 is 1.12 bits per heavy atom. The molecule has 7 heteroatoms. The van der Waals surface area contributed by atoms with Crippen LogP contribution in [0.4, 0.5) is 15.1 Å². The number of thiazole rings is 2. The highest BCUT2D eigenvalue weighted by molar-refractivity contribution is 7.14. The molecule has 0 aliphatic rings. The molecule has 2 N–H and O–H groups in total. The summed E-state index contributed by atoms with van der Waals surface area (Å²) in [6, 6.07) is 19.3. The molecule has 2 amide bonds. The molecule has 0 saturated heterocycles. The van der Waals surface area contributed by atoms with Crippen molar-refractivity contribution in [2.45, 2.75) is 0 Å². The van der Waals surface area contributed by atoms with Gasteiger partial charge in [-0.1, -0.05) is 60.7 Å². The smallest absolute Gasteiger partial charge is 0.283 e. The summed E-state index contributed by atoms with van der Waals surface area (Å²) in [4.78, 5) is 21.1. The zero-order valence-electron chi connectivity index (χ0n) is 13.5. The maximum Gasteiger partial charge on any atom is 0.327 e. The molecule has 0 aliphatic carbocycles. The van der Waals surface area contributed by atoms with Crippen LogP contribution >= 0.6 is 22.7 Å². The van der Waals surface area contributed by atoms with Crippen molar-refractivity contribution in [3.05, 3.63) is 71.4 Å². The molecule has 0 unspecified atom stereocenters. The Balaban J connectivity index is 1.40. The summed E-state index contributed by atoms with van der Waals surface area (Å²) in [5, 5.41) is 10.4. The molecule has 2 heterocycles. The Kier molecular flexibility index (Phi) is 4.72. The largest absolute Gasteiger partial charge is 0.327 e. The number of aromatic nitrogens is 2. The van der Waals surface area contributed by atoms with Gasteiger partial charge in [-0.15, -0.1) is 22.7 Å². The van der Waals surface area contributed by atoms with Gasteiger partial charge in [0.25, 0.3) is 0 Å². The van der Waals surface area contributed by atoms with Crippen molar-refractivity contribution in [1.29, 1.82) is 0 Å². The number of carbonyl (C=O) groups is 1. The van der Waals surface area contributed by atoms with Crippen molar-refractivity contribution in [2.24, 2.45) is 0 Å².